The number of hydrogen-bond acceptors (Lipinski definition) is 9. The van der Waals surface area contributed by atoms with Crippen LogP contribution in [0.2, 0.25) is 5.02 Å². The van der Waals surface area contributed by atoms with Crippen molar-refractivity contribution in [3.8, 4) is 23.7 Å². The van der Waals surface area contributed by atoms with E-state index >= 15 is 0 Å². The number of aliphatic imine (C=N–C) groups is 1. The molecule has 0 radical (unpaired) electrons. The standard InChI is InChI=1S/C57H64ClN5O6/c1-8-10-45-48(27-39(51(45)65)28-50-56(4,5)55(57(50,6)7)69-43-20-17-38(31-59)47(58)30-43)61-40(9-2)18-16-34-12-14-35(15-13-34)23-36-24-37-26-42(25-36)62(32-37)41-19-21-44-46(29-41)54(68)63(53(44)67)49(52(60)66)22-11-33(3)64/h8-10,17,19-21,23,29-30,34-35,37,39,42,49-50,55H,2,11-15,22,24-28,32H2,1,3-7H3,(H2,60,66)/b10-8+,36-23-,61-40?. The summed E-state index contributed by atoms with van der Waals surface area (Å²) in [6, 6.07) is 11.8. The van der Waals surface area contributed by atoms with Crippen LogP contribution in [0.1, 0.15) is 138 Å². The molecule has 6 aliphatic rings. The third kappa shape index (κ3) is 9.77. The Hall–Kier alpha value is -6.04. The number of nitrogens with zero attached hydrogens (tertiary/aromatic N) is 4. The average molecular weight is 951 g/mol. The maximum atomic E-state index is 14.0. The molecular weight excluding hydrogens is 886 g/mol. The van der Waals surface area contributed by atoms with Crippen LogP contribution < -0.4 is 15.4 Å². The number of halogens is 1. The van der Waals surface area contributed by atoms with E-state index in [0.29, 0.717) is 58.3 Å². The second-order valence-electron chi connectivity index (χ2n) is 21.4. The van der Waals surface area contributed by atoms with Crippen molar-refractivity contribution in [2.24, 2.45) is 51.1 Å². The summed E-state index contributed by atoms with van der Waals surface area (Å²) in [5, 5.41) is 9.68. The number of benzene rings is 2. The van der Waals surface area contributed by atoms with E-state index in [1.165, 1.54) is 12.5 Å². The van der Waals surface area contributed by atoms with Crippen LogP contribution in [0.15, 0.2) is 89.1 Å². The van der Waals surface area contributed by atoms with Crippen molar-refractivity contribution < 1.29 is 28.7 Å². The van der Waals surface area contributed by atoms with Crippen molar-refractivity contribution >= 4 is 52.3 Å². The largest absolute Gasteiger partial charge is 0.489 e. The SMILES string of the molecule is C=CC(C#CC1CCC(/C=C2/CC3CC(C2)N(c2ccc4c(c2)C(=O)N(C(CCC(C)=O)C(N)=O)C4=O)C3)CC1)=NC1=C(/C=C/C)C(=O)C(CC2C(C)(C)C(Oc3ccc(C#N)c(Cl)c3)C2(C)C)C1. The Morgan fingerprint density at radius 2 is 1.74 bits per heavy atom. The molecule has 11 nitrogen and oxygen atoms in total. The van der Waals surface area contributed by atoms with E-state index in [9.17, 15) is 29.2 Å². The number of allylic oxidation sites excluding steroid dienone is 6. The van der Waals surface area contributed by atoms with Crippen LogP contribution >= 0.6 is 11.6 Å². The fourth-order valence-electron chi connectivity index (χ4n) is 12.8. The summed E-state index contributed by atoms with van der Waals surface area (Å²) in [4.78, 5) is 73.2. The lowest BCUT2D eigenvalue weighted by atomic mass is 9.44. The topological polar surface area (TPSA) is 163 Å². The van der Waals surface area contributed by atoms with Gasteiger partial charge in [-0.15, -0.1) is 0 Å². The number of primary amides is 1. The van der Waals surface area contributed by atoms with Crippen molar-refractivity contribution in [1.29, 1.82) is 5.26 Å². The Bertz CT molecular complexity index is 2700. The van der Waals surface area contributed by atoms with Crippen molar-refractivity contribution in [3.63, 3.8) is 0 Å². The Balaban J connectivity index is 0.862. The van der Waals surface area contributed by atoms with Gasteiger partial charge in [0.1, 0.15) is 35.5 Å². The molecule has 4 atom stereocenters. The van der Waals surface area contributed by atoms with E-state index in [-0.39, 0.29) is 70.2 Å². The first-order valence-electron chi connectivity index (χ1n) is 24.6. The first kappa shape index (κ1) is 49.4. The van der Waals surface area contributed by atoms with E-state index in [0.717, 1.165) is 67.8 Å². The molecule has 4 fully saturated rings. The van der Waals surface area contributed by atoms with Gasteiger partial charge in [-0.3, -0.25) is 24.1 Å². The van der Waals surface area contributed by atoms with Crippen LogP contribution in [0.4, 0.5) is 5.69 Å². The van der Waals surface area contributed by atoms with Gasteiger partial charge in [0.25, 0.3) is 11.8 Å². The zero-order valence-electron chi connectivity index (χ0n) is 40.8. The summed E-state index contributed by atoms with van der Waals surface area (Å²) in [5.74, 6) is 6.81. The molecule has 2 aromatic carbocycles. The highest BCUT2D eigenvalue weighted by atomic mass is 35.5. The monoisotopic (exact) mass is 949 g/mol. The number of ketones is 2. The normalized spacial score (nSPS) is 28.0. The molecule has 2 aliphatic heterocycles. The average Bonchev–Trinajstić information content (AvgIpc) is 3.87. The van der Waals surface area contributed by atoms with Crippen molar-refractivity contribution in [2.75, 3.05) is 11.4 Å². The predicted molar refractivity (Wildman–Crippen MR) is 268 cm³/mol. The number of imide groups is 1. The number of nitriles is 1. The van der Waals surface area contributed by atoms with Crippen LogP contribution in [0.5, 0.6) is 5.75 Å². The van der Waals surface area contributed by atoms with Crippen LogP contribution in [-0.4, -0.2) is 64.6 Å². The van der Waals surface area contributed by atoms with E-state index < -0.39 is 23.8 Å². The Labute approximate surface area is 411 Å². The summed E-state index contributed by atoms with van der Waals surface area (Å²) >= 11 is 6.33. The summed E-state index contributed by atoms with van der Waals surface area (Å²) in [7, 11) is 0. The van der Waals surface area contributed by atoms with Crippen LogP contribution in [0, 0.1) is 63.6 Å². The Morgan fingerprint density at radius 3 is 2.39 bits per heavy atom. The third-order valence-electron chi connectivity index (χ3n) is 16.0. The van der Waals surface area contributed by atoms with Gasteiger partial charge in [0, 0.05) is 65.4 Å². The minimum absolute atomic E-state index is 0.00934. The lowest BCUT2D eigenvalue weighted by molar-refractivity contribution is -0.204. The number of Topliss-reactive ketones (excluding diaryl/α,β-unsaturated/α-hetero) is 2. The zero-order valence-corrected chi connectivity index (χ0v) is 41.5. The molecule has 4 unspecified atom stereocenters. The molecule has 0 spiro atoms. The summed E-state index contributed by atoms with van der Waals surface area (Å²) in [6.45, 7) is 17.1. The number of fused-ring (bicyclic) bond motifs is 3. The summed E-state index contributed by atoms with van der Waals surface area (Å²) in [5.41, 5.74) is 10.5. The smallest absolute Gasteiger partial charge is 0.262 e. The molecule has 8 rings (SSSR count). The van der Waals surface area contributed by atoms with Crippen molar-refractivity contribution in [1.82, 2.24) is 4.90 Å². The molecule has 2 heterocycles. The second kappa shape index (κ2) is 19.8. The molecular formula is C57H64ClN5O6. The molecule has 2 aromatic rings. The Kier molecular flexibility index (Phi) is 14.1. The molecule has 12 heteroatoms. The molecule has 4 aliphatic carbocycles. The highest BCUT2D eigenvalue weighted by Gasteiger charge is 2.64. The lowest BCUT2D eigenvalue weighted by Gasteiger charge is -2.64. The minimum atomic E-state index is -1.17. The van der Waals surface area contributed by atoms with Crippen LogP contribution in [0.25, 0.3) is 0 Å². The van der Waals surface area contributed by atoms with Crippen molar-refractivity contribution in [3.05, 3.63) is 106 Å². The number of nitrogens with two attached hydrogens (primary N) is 1. The Morgan fingerprint density at radius 1 is 1.01 bits per heavy atom. The molecule has 3 saturated carbocycles. The number of rotatable bonds is 14. The first-order chi connectivity index (χ1) is 32.8. The zero-order chi connectivity index (χ0) is 49.5. The fraction of sp³-hybridized carbons (Fsp3) is 0.491. The quantitative estimate of drug-likeness (QED) is 0.0847. The van der Waals surface area contributed by atoms with Gasteiger partial charge in [0.15, 0.2) is 5.78 Å². The first-order valence-corrected chi connectivity index (χ1v) is 25.0. The van der Waals surface area contributed by atoms with Crippen LogP contribution in [0.3, 0.4) is 0 Å². The molecule has 1 saturated heterocycles. The van der Waals surface area contributed by atoms with E-state index in [4.69, 9.17) is 27.1 Å². The lowest BCUT2D eigenvalue weighted by Crippen LogP contribution is -2.66. The van der Waals surface area contributed by atoms with E-state index in [1.54, 1.807) is 36.4 Å². The molecule has 0 aromatic heterocycles. The van der Waals surface area contributed by atoms with Gasteiger partial charge in [-0.05, 0) is 132 Å². The van der Waals surface area contributed by atoms with Crippen LogP contribution in [-0.2, 0) is 14.4 Å². The van der Waals surface area contributed by atoms with Gasteiger partial charge in [-0.25, -0.2) is 4.99 Å². The molecule has 2 bridgehead atoms. The van der Waals surface area contributed by atoms with Gasteiger partial charge in [-0.1, -0.05) is 75.6 Å². The number of anilines is 1. The predicted octanol–water partition coefficient (Wildman–Crippen LogP) is 10.3. The van der Waals surface area contributed by atoms with Gasteiger partial charge < -0.3 is 20.2 Å². The van der Waals surface area contributed by atoms with Gasteiger partial charge >= 0.3 is 0 Å². The summed E-state index contributed by atoms with van der Waals surface area (Å²) in [6.07, 6.45) is 16.4. The van der Waals surface area contributed by atoms with Gasteiger partial charge in [-0.2, -0.15) is 5.26 Å². The second-order valence-corrected chi connectivity index (χ2v) is 21.8. The third-order valence-corrected chi connectivity index (χ3v) is 16.3. The number of hydrogen-bond donors (Lipinski definition) is 1. The maximum Gasteiger partial charge on any atom is 0.262 e. The number of carbonyl (C=O) groups is 5. The molecule has 69 heavy (non-hydrogen) atoms. The van der Waals surface area contributed by atoms with Gasteiger partial charge in [0.2, 0.25) is 5.91 Å². The molecule has 360 valence electrons. The van der Waals surface area contributed by atoms with Crippen molar-refractivity contribution in [2.45, 2.75) is 130 Å². The maximum absolute atomic E-state index is 14.0. The number of ether oxygens (including phenoxy) is 1. The highest BCUT2D eigenvalue weighted by Crippen LogP contribution is 2.63. The summed E-state index contributed by atoms with van der Waals surface area (Å²) < 4.78 is 6.53. The fourth-order valence-corrected chi connectivity index (χ4v) is 13.1. The minimum Gasteiger partial charge on any atom is -0.489 e. The van der Waals surface area contributed by atoms with E-state index in [1.807, 2.05) is 25.1 Å². The highest BCUT2D eigenvalue weighted by molar-refractivity contribution is 6.31. The van der Waals surface area contributed by atoms with E-state index in [2.05, 4.69) is 63.2 Å². The molecule has 3 amide bonds. The number of amides is 3. The molecule has 2 N–H and O–H groups in total. The number of carbonyl (C=O) groups excluding carboxylic acids is 5. The van der Waals surface area contributed by atoms with Gasteiger partial charge in [0.05, 0.1) is 27.4 Å².